The second-order valence-electron chi connectivity index (χ2n) is 7.55. The molecule has 0 saturated heterocycles. The number of benzene rings is 2. The van der Waals surface area contributed by atoms with Crippen molar-refractivity contribution >= 4 is 48.9 Å². The maximum absolute atomic E-state index is 10.7. The van der Waals surface area contributed by atoms with Crippen molar-refractivity contribution in [2.45, 2.75) is 52.4 Å². The Labute approximate surface area is 181 Å². The predicted molar refractivity (Wildman–Crippen MR) is 94.9 cm³/mol. The van der Waals surface area contributed by atoms with Crippen molar-refractivity contribution in [3.05, 3.63) is 59.7 Å². The Kier molecular flexibility index (Phi) is 9.03. The molecule has 23 heavy (non-hydrogen) atoms. The molecule has 2 rings (SSSR count). The summed E-state index contributed by atoms with van der Waals surface area (Å²) < 4.78 is 0. The molecule has 0 unspecified atom stereocenters. The van der Waals surface area contributed by atoms with Crippen molar-refractivity contribution < 1.29 is 10.2 Å². The Morgan fingerprint density at radius 1 is 0.522 bits per heavy atom. The van der Waals surface area contributed by atoms with E-state index in [1.54, 1.807) is 24.3 Å². The van der Waals surface area contributed by atoms with Gasteiger partial charge < -0.3 is 10.2 Å². The second kappa shape index (κ2) is 9.19. The van der Waals surface area contributed by atoms with Crippen molar-refractivity contribution in [2.75, 3.05) is 0 Å². The molecule has 0 N–H and O–H groups in total. The van der Waals surface area contributed by atoms with E-state index in [-0.39, 0.29) is 71.2 Å². The van der Waals surface area contributed by atoms with Crippen molar-refractivity contribution in [2.24, 2.45) is 0 Å². The summed E-state index contributed by atoms with van der Waals surface area (Å²) in [6.07, 6.45) is 0. The van der Waals surface area contributed by atoms with Gasteiger partial charge in [-0.05, 0) is 22.0 Å². The molecule has 3 heteroatoms. The molecule has 0 aliphatic heterocycles. The van der Waals surface area contributed by atoms with Gasteiger partial charge in [0.05, 0.1) is 0 Å². The summed E-state index contributed by atoms with van der Waals surface area (Å²) in [4.78, 5) is 0. The summed E-state index contributed by atoms with van der Waals surface area (Å²) in [5, 5.41) is 21.5. The second-order valence-corrected chi connectivity index (χ2v) is 7.55. The Bertz CT molecular complexity index is 518. The first-order valence-electron chi connectivity index (χ1n) is 7.55. The Morgan fingerprint density at radius 2 is 0.739 bits per heavy atom. The van der Waals surface area contributed by atoms with Crippen LogP contribution in [0, 0.1) is 0 Å². The number of hydrogen-bond donors (Lipinski definition) is 0. The van der Waals surface area contributed by atoms with Crippen molar-refractivity contribution in [1.82, 2.24) is 0 Å². The van der Waals surface area contributed by atoms with Gasteiger partial charge in [0, 0.05) is 0 Å². The van der Waals surface area contributed by atoms with Crippen LogP contribution in [0.2, 0.25) is 0 Å². The van der Waals surface area contributed by atoms with E-state index in [0.717, 1.165) is 0 Å². The van der Waals surface area contributed by atoms with Crippen LogP contribution in [0.4, 0.5) is 0 Å². The largest absolute Gasteiger partial charge is 2.00 e. The van der Waals surface area contributed by atoms with Crippen molar-refractivity contribution in [3.8, 4) is 11.5 Å². The van der Waals surface area contributed by atoms with E-state index in [2.05, 4.69) is 41.5 Å². The van der Waals surface area contributed by atoms with Gasteiger partial charge >= 0.3 is 48.9 Å². The van der Waals surface area contributed by atoms with Crippen molar-refractivity contribution in [3.63, 3.8) is 0 Å². The van der Waals surface area contributed by atoms with E-state index in [1.165, 1.54) is 11.1 Å². The smallest absolute Gasteiger partial charge is 0.872 e. The SMILES string of the molecule is CC(C)(C)c1ccc([O-])cc1.CC(C)(C)c1ccc([O-])cc1.[Ba+2]. The van der Waals surface area contributed by atoms with Crippen LogP contribution in [0.25, 0.3) is 0 Å². The summed E-state index contributed by atoms with van der Waals surface area (Å²) in [5.41, 5.74) is 2.70. The molecule has 0 bridgehead atoms. The zero-order chi connectivity index (χ0) is 17.0. The molecule has 0 aliphatic rings. The molecule has 0 radical (unpaired) electrons. The fraction of sp³-hybridized carbons (Fsp3) is 0.400. The normalized spacial score (nSPS) is 11.0. The van der Waals surface area contributed by atoms with E-state index < -0.39 is 0 Å². The molecule has 0 heterocycles. The standard InChI is InChI=1S/2C10H14O.Ba/c2*1-10(2,3)8-4-6-9(11)7-5-8;/h2*4-7,11H,1-3H3;/q;;+2/p-2. The molecule has 0 aliphatic carbocycles. The number of rotatable bonds is 0. The average Bonchev–Trinajstić information content (AvgIpc) is 2.38. The molecule has 2 nitrogen and oxygen atoms in total. The summed E-state index contributed by atoms with van der Waals surface area (Å²) in [6.45, 7) is 12.8. The average molecular weight is 436 g/mol. The van der Waals surface area contributed by atoms with Crippen LogP contribution < -0.4 is 10.2 Å². The van der Waals surface area contributed by atoms with Gasteiger partial charge in [0.15, 0.2) is 0 Å². The van der Waals surface area contributed by atoms with E-state index in [0.29, 0.717) is 0 Å². The summed E-state index contributed by atoms with van der Waals surface area (Å²) in [6, 6.07) is 14.0. The molecule has 0 fully saturated rings. The first-order valence-corrected chi connectivity index (χ1v) is 7.55. The quantitative estimate of drug-likeness (QED) is 0.592. The zero-order valence-corrected chi connectivity index (χ0v) is 19.6. The molecule has 0 aromatic heterocycles. The third-order valence-electron chi connectivity index (χ3n) is 3.44. The van der Waals surface area contributed by atoms with Crippen LogP contribution in [0.15, 0.2) is 48.5 Å². The molecular weight excluding hydrogens is 410 g/mol. The molecule has 2 aromatic carbocycles. The summed E-state index contributed by atoms with van der Waals surface area (Å²) in [5.74, 6) is 0.163. The van der Waals surface area contributed by atoms with E-state index in [1.807, 2.05) is 24.3 Å². The summed E-state index contributed by atoms with van der Waals surface area (Å²) >= 11 is 0. The predicted octanol–water partition coefficient (Wildman–Crippen LogP) is 3.73. The van der Waals surface area contributed by atoms with Gasteiger partial charge in [-0.3, -0.25) is 0 Å². The Balaban J connectivity index is 0.000000403. The molecule has 0 atom stereocenters. The van der Waals surface area contributed by atoms with E-state index in [4.69, 9.17) is 0 Å². The van der Waals surface area contributed by atoms with Crippen LogP contribution in [-0.4, -0.2) is 48.9 Å². The van der Waals surface area contributed by atoms with Crippen LogP contribution in [0.1, 0.15) is 52.7 Å². The fourth-order valence-electron chi connectivity index (χ4n) is 1.91. The molecule has 0 spiro atoms. The molecule has 0 amide bonds. The van der Waals surface area contributed by atoms with Gasteiger partial charge in [-0.2, -0.15) is 0 Å². The monoisotopic (exact) mass is 436 g/mol. The number of hydrogen-bond acceptors (Lipinski definition) is 2. The Morgan fingerprint density at radius 3 is 0.913 bits per heavy atom. The van der Waals surface area contributed by atoms with Crippen LogP contribution in [0.5, 0.6) is 11.5 Å². The van der Waals surface area contributed by atoms with Gasteiger partial charge in [-0.1, -0.05) is 90.1 Å². The first kappa shape index (κ1) is 22.6. The van der Waals surface area contributed by atoms with Gasteiger partial charge in [-0.15, -0.1) is 11.5 Å². The molecule has 2 aromatic rings. The minimum absolute atomic E-state index is 0. The minimum atomic E-state index is 0. The fourth-order valence-corrected chi connectivity index (χ4v) is 1.91. The maximum Gasteiger partial charge on any atom is 2.00 e. The van der Waals surface area contributed by atoms with Crippen LogP contribution in [0.3, 0.4) is 0 Å². The summed E-state index contributed by atoms with van der Waals surface area (Å²) in [7, 11) is 0. The third kappa shape index (κ3) is 8.32. The Hall–Kier alpha value is -0.389. The van der Waals surface area contributed by atoms with Crippen LogP contribution >= 0.6 is 0 Å². The minimum Gasteiger partial charge on any atom is -0.872 e. The van der Waals surface area contributed by atoms with E-state index in [9.17, 15) is 10.2 Å². The van der Waals surface area contributed by atoms with Gasteiger partial charge in [0.25, 0.3) is 0 Å². The maximum atomic E-state index is 10.7. The molecule has 120 valence electrons. The first-order chi connectivity index (χ1) is 10.00. The molecule has 0 saturated carbocycles. The van der Waals surface area contributed by atoms with Crippen molar-refractivity contribution in [1.29, 1.82) is 0 Å². The van der Waals surface area contributed by atoms with Gasteiger partial charge in [-0.25, -0.2) is 0 Å². The zero-order valence-electron chi connectivity index (χ0n) is 15.1. The third-order valence-corrected chi connectivity index (χ3v) is 3.44. The van der Waals surface area contributed by atoms with Gasteiger partial charge in [0.2, 0.25) is 0 Å². The van der Waals surface area contributed by atoms with Gasteiger partial charge in [0.1, 0.15) is 0 Å². The van der Waals surface area contributed by atoms with Crippen LogP contribution in [-0.2, 0) is 10.8 Å². The van der Waals surface area contributed by atoms with E-state index >= 15 is 0 Å². The topological polar surface area (TPSA) is 46.1 Å². The molecular formula is C20H26BaO2.